The largest absolute Gasteiger partial charge is 0.416 e. The monoisotopic (exact) mass is 545 g/mol. The highest BCUT2D eigenvalue weighted by atomic mass is 19.4. The van der Waals surface area contributed by atoms with Gasteiger partial charge in [0.2, 0.25) is 0 Å². The van der Waals surface area contributed by atoms with Gasteiger partial charge < -0.3 is 21.3 Å². The third-order valence-corrected chi connectivity index (χ3v) is 6.61. The molecule has 1 fully saturated rings. The van der Waals surface area contributed by atoms with E-state index in [1.807, 2.05) is 11.4 Å². The summed E-state index contributed by atoms with van der Waals surface area (Å²) in [5, 5.41) is 8.51. The van der Waals surface area contributed by atoms with Crippen LogP contribution in [0.1, 0.15) is 24.1 Å². The first kappa shape index (κ1) is 26.4. The van der Waals surface area contributed by atoms with Crippen LogP contribution in [-0.2, 0) is 12.6 Å². The Balaban J connectivity index is 1.37. The van der Waals surface area contributed by atoms with Crippen LogP contribution in [0.5, 0.6) is 0 Å². The number of nitrogens with two attached hydrogens (primary N) is 1. The number of rotatable bonds is 6. The average Bonchev–Trinajstić information content (AvgIpc) is 3.53. The van der Waals surface area contributed by atoms with Gasteiger partial charge in [0.05, 0.1) is 16.9 Å². The lowest BCUT2D eigenvalue weighted by atomic mass is 10.1. The van der Waals surface area contributed by atoms with E-state index in [1.54, 1.807) is 10.6 Å². The van der Waals surface area contributed by atoms with Gasteiger partial charge in [-0.3, -0.25) is 0 Å². The lowest BCUT2D eigenvalue weighted by Crippen LogP contribution is -2.22. The number of aromatic nitrogens is 3. The quantitative estimate of drug-likeness (QED) is 0.276. The van der Waals surface area contributed by atoms with Gasteiger partial charge in [0.1, 0.15) is 23.5 Å². The molecule has 0 unspecified atom stereocenters. The van der Waals surface area contributed by atoms with Crippen molar-refractivity contribution in [1.82, 2.24) is 19.5 Å². The number of alkyl halides is 3. The second-order valence-corrected chi connectivity index (χ2v) is 9.22. The Morgan fingerprint density at radius 2 is 1.72 bits per heavy atom. The molecule has 4 N–H and O–H groups in total. The van der Waals surface area contributed by atoms with E-state index in [2.05, 4.69) is 20.3 Å². The van der Waals surface area contributed by atoms with Gasteiger partial charge in [-0.2, -0.15) is 18.3 Å². The van der Waals surface area contributed by atoms with Gasteiger partial charge in [0.15, 0.2) is 5.82 Å². The Kier molecular flexibility index (Phi) is 7.08. The first-order chi connectivity index (χ1) is 18.6. The highest BCUT2D eigenvalue weighted by Crippen LogP contribution is 2.34. The number of nitrogens with zero attached hydrogens (tertiary/aromatic N) is 4. The van der Waals surface area contributed by atoms with Crippen LogP contribution in [0.2, 0.25) is 0 Å². The third kappa shape index (κ3) is 5.62. The highest BCUT2D eigenvalue weighted by Gasteiger charge is 2.31. The predicted octanol–water partition coefficient (Wildman–Crippen LogP) is 5.56. The minimum atomic E-state index is -4.73. The summed E-state index contributed by atoms with van der Waals surface area (Å²) >= 11 is 0. The maximum absolute atomic E-state index is 15.1. The summed E-state index contributed by atoms with van der Waals surface area (Å²) in [5.41, 5.74) is 6.50. The van der Waals surface area contributed by atoms with Crippen molar-refractivity contribution in [1.29, 1.82) is 0 Å². The fourth-order valence-electron chi connectivity index (χ4n) is 4.67. The van der Waals surface area contributed by atoms with E-state index in [9.17, 15) is 22.4 Å². The molecule has 3 heterocycles. The Bertz CT molecular complexity index is 1530. The Labute approximate surface area is 219 Å². The molecule has 2 aromatic heterocycles. The maximum atomic E-state index is 15.1. The normalized spacial score (nSPS) is 14.2. The van der Waals surface area contributed by atoms with Crippen LogP contribution in [0.25, 0.3) is 16.6 Å². The molecule has 8 nitrogen and oxygen atoms in total. The minimum absolute atomic E-state index is 0.220. The summed E-state index contributed by atoms with van der Waals surface area (Å²) in [7, 11) is 0. The number of hydrogen-bond donors (Lipinski definition) is 3. The molecule has 39 heavy (non-hydrogen) atoms. The topological polar surface area (TPSA) is 101 Å². The molecular formula is C26H24F5N7O. The van der Waals surface area contributed by atoms with Gasteiger partial charge in [-0.05, 0) is 67.9 Å². The molecule has 2 amide bonds. The van der Waals surface area contributed by atoms with Crippen molar-refractivity contribution in [3.63, 3.8) is 0 Å². The van der Waals surface area contributed by atoms with E-state index in [4.69, 9.17) is 5.73 Å². The van der Waals surface area contributed by atoms with Crippen molar-refractivity contribution >= 4 is 28.7 Å². The van der Waals surface area contributed by atoms with E-state index < -0.39 is 35.1 Å². The van der Waals surface area contributed by atoms with Gasteiger partial charge in [-0.1, -0.05) is 6.07 Å². The van der Waals surface area contributed by atoms with E-state index >= 15 is 4.39 Å². The summed E-state index contributed by atoms with van der Waals surface area (Å²) in [4.78, 5) is 18.8. The fraction of sp³-hybridized carbons (Fsp3) is 0.269. The van der Waals surface area contributed by atoms with Crippen LogP contribution >= 0.6 is 0 Å². The molecular weight excluding hydrogens is 521 g/mol. The first-order valence-electron chi connectivity index (χ1n) is 12.2. The van der Waals surface area contributed by atoms with Gasteiger partial charge in [0.25, 0.3) is 0 Å². The lowest BCUT2D eigenvalue weighted by Gasteiger charge is -2.13. The van der Waals surface area contributed by atoms with Gasteiger partial charge >= 0.3 is 12.2 Å². The second kappa shape index (κ2) is 10.5. The van der Waals surface area contributed by atoms with Gasteiger partial charge in [-0.15, -0.1) is 0 Å². The molecule has 0 saturated carbocycles. The first-order valence-corrected chi connectivity index (χ1v) is 12.2. The molecule has 2 aromatic carbocycles. The molecule has 204 valence electrons. The lowest BCUT2D eigenvalue weighted by molar-refractivity contribution is -0.137. The molecule has 1 aliphatic heterocycles. The van der Waals surface area contributed by atoms with Gasteiger partial charge in [-0.25, -0.2) is 23.1 Å². The number of anilines is 3. The van der Waals surface area contributed by atoms with Crippen LogP contribution in [-0.4, -0.2) is 45.2 Å². The minimum Gasteiger partial charge on any atom is -0.382 e. The van der Waals surface area contributed by atoms with Gasteiger partial charge in [0, 0.05) is 24.2 Å². The second-order valence-electron chi connectivity index (χ2n) is 9.22. The number of nitrogens with one attached hydrogen (secondary N) is 2. The standard InChI is InChI=1S/C26H24F5N7O/c27-19-5-4-16(26(29,30)31)12-22(19)36-25(39)35-21-6-3-15(11-20(21)28)18-13-17(7-10-37-8-1-2-9-37)38-23(18)24(32)33-14-34-38/h3-6,11-14H,1-2,7-10H2,(H2,32,33,34)(H2,35,36,39). The van der Waals surface area contributed by atoms with E-state index in [0.717, 1.165) is 25.3 Å². The molecule has 1 saturated heterocycles. The zero-order valence-electron chi connectivity index (χ0n) is 20.5. The van der Waals surface area contributed by atoms with Crippen LogP contribution in [0.3, 0.4) is 0 Å². The number of carbonyl (C=O) groups is 1. The van der Waals surface area contributed by atoms with Crippen molar-refractivity contribution in [3.05, 3.63) is 71.7 Å². The van der Waals surface area contributed by atoms with Crippen molar-refractivity contribution in [3.8, 4) is 11.1 Å². The van der Waals surface area contributed by atoms with E-state index in [-0.39, 0.29) is 11.5 Å². The Hall–Kier alpha value is -4.26. The number of amides is 2. The SMILES string of the molecule is Nc1ncnn2c(CCN3CCCC3)cc(-c3ccc(NC(=O)Nc4cc(C(F)(F)F)ccc4F)c(F)c3)c12. The fourth-order valence-corrected chi connectivity index (χ4v) is 4.67. The molecule has 0 radical (unpaired) electrons. The maximum Gasteiger partial charge on any atom is 0.416 e. The Morgan fingerprint density at radius 1 is 0.974 bits per heavy atom. The van der Waals surface area contributed by atoms with E-state index in [1.165, 1.54) is 31.3 Å². The average molecular weight is 546 g/mol. The zero-order valence-corrected chi connectivity index (χ0v) is 20.5. The molecule has 0 aliphatic carbocycles. The molecule has 1 aliphatic rings. The summed E-state index contributed by atoms with van der Waals surface area (Å²) in [6.07, 6.45) is -0.338. The number of halogens is 5. The van der Waals surface area contributed by atoms with Crippen molar-refractivity contribution in [2.45, 2.75) is 25.4 Å². The third-order valence-electron chi connectivity index (χ3n) is 6.61. The molecule has 0 bridgehead atoms. The summed E-state index contributed by atoms with van der Waals surface area (Å²) < 4.78 is 69.5. The highest BCUT2D eigenvalue weighted by molar-refractivity contribution is 6.00. The summed E-state index contributed by atoms with van der Waals surface area (Å²) in [6, 6.07) is 6.39. The number of likely N-dealkylation sites (tertiary alicyclic amines) is 1. The number of benzene rings is 2. The van der Waals surface area contributed by atoms with Crippen LogP contribution in [0.4, 0.5) is 43.9 Å². The number of nitrogen functional groups attached to an aromatic ring is 1. The van der Waals surface area contributed by atoms with Crippen molar-refractivity contribution < 1.29 is 26.7 Å². The summed E-state index contributed by atoms with van der Waals surface area (Å²) in [5.74, 6) is -1.67. The molecule has 4 aromatic rings. The number of fused-ring (bicyclic) bond motifs is 1. The van der Waals surface area contributed by atoms with Crippen molar-refractivity contribution in [2.75, 3.05) is 36.0 Å². The molecule has 0 spiro atoms. The number of urea groups is 1. The van der Waals surface area contributed by atoms with Crippen molar-refractivity contribution in [2.24, 2.45) is 0 Å². The number of carbonyl (C=O) groups excluding carboxylic acids is 1. The summed E-state index contributed by atoms with van der Waals surface area (Å²) in [6.45, 7) is 2.93. The number of hydrogen-bond acceptors (Lipinski definition) is 5. The molecule has 5 rings (SSSR count). The van der Waals surface area contributed by atoms with E-state index in [0.29, 0.717) is 41.3 Å². The smallest absolute Gasteiger partial charge is 0.382 e. The molecule has 0 atom stereocenters. The Morgan fingerprint density at radius 3 is 2.44 bits per heavy atom. The molecule has 13 heteroatoms. The predicted molar refractivity (Wildman–Crippen MR) is 136 cm³/mol. The van der Waals surface area contributed by atoms with Crippen LogP contribution in [0, 0.1) is 11.6 Å². The zero-order chi connectivity index (χ0) is 27.7. The van der Waals surface area contributed by atoms with Crippen LogP contribution in [0.15, 0.2) is 48.8 Å². The van der Waals surface area contributed by atoms with Crippen LogP contribution < -0.4 is 16.4 Å².